The molecule has 3 aromatic carbocycles. The van der Waals surface area contributed by atoms with Crippen LogP contribution in [0.15, 0.2) is 88.3 Å². The van der Waals surface area contributed by atoms with E-state index < -0.39 is 23.6 Å². The first-order valence-corrected chi connectivity index (χ1v) is 12.4. The average Bonchev–Trinajstić information content (AvgIpc) is 3.10. The molecular weight excluding hydrogens is 479 g/mol. The largest absolute Gasteiger partial charge is 0.462 e. The van der Waals surface area contributed by atoms with Gasteiger partial charge in [-0.2, -0.15) is 0 Å². The number of esters is 1. The highest BCUT2D eigenvalue weighted by Crippen LogP contribution is 2.38. The van der Waals surface area contributed by atoms with Crippen LogP contribution in [0.1, 0.15) is 35.7 Å². The summed E-state index contributed by atoms with van der Waals surface area (Å²) in [5, 5.41) is 2.83. The summed E-state index contributed by atoms with van der Waals surface area (Å²) in [5.41, 5.74) is 1.74. The number of carbonyl (C=O) groups is 3. The third-order valence-electron chi connectivity index (χ3n) is 5.51. The van der Waals surface area contributed by atoms with E-state index in [1.165, 1.54) is 36.4 Å². The zero-order valence-electron chi connectivity index (χ0n) is 19.9. The van der Waals surface area contributed by atoms with Crippen LogP contribution in [0.5, 0.6) is 0 Å². The van der Waals surface area contributed by atoms with Crippen LogP contribution < -0.4 is 10.2 Å². The number of carbonyl (C=O) groups excluding carboxylic acids is 3. The first-order chi connectivity index (χ1) is 17.4. The normalized spacial score (nSPS) is 13.4. The summed E-state index contributed by atoms with van der Waals surface area (Å²) < 4.78 is 19.6. The van der Waals surface area contributed by atoms with Gasteiger partial charge in [-0.1, -0.05) is 54.9 Å². The number of halogens is 1. The van der Waals surface area contributed by atoms with Crippen LogP contribution in [-0.2, 0) is 14.3 Å². The van der Waals surface area contributed by atoms with Crippen molar-refractivity contribution < 1.29 is 23.5 Å². The van der Waals surface area contributed by atoms with Gasteiger partial charge in [-0.05, 0) is 61.9 Å². The van der Waals surface area contributed by atoms with Crippen LogP contribution in [0.25, 0.3) is 0 Å². The molecular formula is C28H25FN2O4S. The topological polar surface area (TPSA) is 75.7 Å². The Morgan fingerprint density at radius 1 is 0.972 bits per heavy atom. The number of nitrogens with one attached hydrogen (secondary N) is 1. The van der Waals surface area contributed by atoms with Crippen LogP contribution in [0.2, 0.25) is 0 Å². The Bertz CT molecular complexity index is 1320. The fourth-order valence-corrected chi connectivity index (χ4v) is 4.44. The monoisotopic (exact) mass is 504 g/mol. The maximum absolute atomic E-state index is 14.4. The van der Waals surface area contributed by atoms with Gasteiger partial charge in [0.2, 0.25) is 0 Å². The lowest BCUT2D eigenvalue weighted by molar-refractivity contribution is -0.120. The zero-order chi connectivity index (χ0) is 25.7. The number of imide groups is 1. The molecule has 1 heterocycles. The molecule has 0 fully saturated rings. The fraction of sp³-hybridized carbons (Fsp3) is 0.179. The Balaban J connectivity index is 1.63. The quantitative estimate of drug-likeness (QED) is 0.216. The molecule has 0 saturated heterocycles. The standard InChI is InChI=1S/C28H25FN2O4S/c1-3-4-17-35-28(34)19-11-13-20(14-12-19)31-26(32)24(30-23-8-6-5-7-22(23)29)25(27(31)33)36-21-15-9-18(2)10-16-21/h5-16,30H,3-4,17H2,1-2H3. The molecule has 1 aliphatic rings. The van der Waals surface area contributed by atoms with Gasteiger partial charge < -0.3 is 10.1 Å². The van der Waals surface area contributed by atoms with E-state index in [0.717, 1.165) is 40.0 Å². The summed E-state index contributed by atoms with van der Waals surface area (Å²) in [4.78, 5) is 41.1. The highest BCUT2D eigenvalue weighted by atomic mass is 32.2. The number of amides is 2. The van der Waals surface area contributed by atoms with Gasteiger partial charge in [-0.3, -0.25) is 9.59 Å². The van der Waals surface area contributed by atoms with Crippen molar-refractivity contribution in [1.29, 1.82) is 0 Å². The minimum absolute atomic E-state index is 0.0151. The maximum atomic E-state index is 14.4. The van der Waals surface area contributed by atoms with Crippen molar-refractivity contribution in [3.05, 3.63) is 100 Å². The van der Waals surface area contributed by atoms with Crippen molar-refractivity contribution in [1.82, 2.24) is 0 Å². The van der Waals surface area contributed by atoms with Crippen molar-refractivity contribution in [3.8, 4) is 0 Å². The Morgan fingerprint density at radius 3 is 2.33 bits per heavy atom. The number of hydrogen-bond donors (Lipinski definition) is 1. The summed E-state index contributed by atoms with van der Waals surface area (Å²) in [5.74, 6) is -2.17. The van der Waals surface area contributed by atoms with Crippen molar-refractivity contribution in [2.45, 2.75) is 31.6 Å². The molecule has 0 bridgehead atoms. The molecule has 36 heavy (non-hydrogen) atoms. The van der Waals surface area contributed by atoms with E-state index in [4.69, 9.17) is 4.74 Å². The smallest absolute Gasteiger partial charge is 0.338 e. The van der Waals surface area contributed by atoms with Gasteiger partial charge in [0.05, 0.1) is 23.5 Å². The average molecular weight is 505 g/mol. The van der Waals surface area contributed by atoms with E-state index >= 15 is 0 Å². The minimum Gasteiger partial charge on any atom is -0.462 e. The molecule has 0 radical (unpaired) electrons. The van der Waals surface area contributed by atoms with E-state index in [0.29, 0.717) is 17.9 Å². The second-order valence-corrected chi connectivity index (χ2v) is 9.29. The predicted molar refractivity (Wildman–Crippen MR) is 138 cm³/mol. The second kappa shape index (κ2) is 11.2. The van der Waals surface area contributed by atoms with Gasteiger partial charge in [-0.15, -0.1) is 0 Å². The molecule has 0 unspecified atom stereocenters. The molecule has 1 N–H and O–H groups in total. The fourth-order valence-electron chi connectivity index (χ4n) is 3.51. The zero-order valence-corrected chi connectivity index (χ0v) is 20.7. The highest BCUT2D eigenvalue weighted by molar-refractivity contribution is 8.04. The lowest BCUT2D eigenvalue weighted by Gasteiger charge is -2.16. The van der Waals surface area contributed by atoms with Crippen LogP contribution in [0.4, 0.5) is 15.8 Å². The Morgan fingerprint density at radius 2 is 1.67 bits per heavy atom. The maximum Gasteiger partial charge on any atom is 0.338 e. The van der Waals surface area contributed by atoms with Crippen molar-refractivity contribution in [2.24, 2.45) is 0 Å². The summed E-state index contributed by atoms with van der Waals surface area (Å²) in [6.45, 7) is 4.28. The molecule has 0 spiro atoms. The van der Waals surface area contributed by atoms with Gasteiger partial charge in [0.25, 0.3) is 11.8 Å². The lowest BCUT2D eigenvalue weighted by Crippen LogP contribution is -2.32. The number of unbranched alkanes of at least 4 members (excludes halogenated alkanes) is 1. The van der Waals surface area contributed by atoms with E-state index in [9.17, 15) is 18.8 Å². The molecule has 0 aromatic heterocycles. The summed E-state index contributed by atoms with van der Waals surface area (Å²) >= 11 is 1.13. The number of para-hydroxylation sites is 1. The molecule has 6 nitrogen and oxygen atoms in total. The Labute approximate surface area is 213 Å². The second-order valence-electron chi connectivity index (χ2n) is 8.21. The summed E-state index contributed by atoms with van der Waals surface area (Å²) in [6, 6.07) is 19.5. The Hall–Kier alpha value is -3.91. The molecule has 0 aliphatic carbocycles. The Kier molecular flexibility index (Phi) is 7.85. The van der Waals surface area contributed by atoms with Gasteiger partial charge in [0, 0.05) is 4.90 Å². The number of benzene rings is 3. The SMILES string of the molecule is CCCCOC(=O)c1ccc(N2C(=O)C(Nc3ccccc3F)=C(Sc3ccc(C)cc3)C2=O)cc1. The van der Waals surface area contributed by atoms with E-state index in [-0.39, 0.29) is 16.3 Å². The third-order valence-corrected chi connectivity index (χ3v) is 6.60. The van der Waals surface area contributed by atoms with Crippen molar-refractivity contribution >= 4 is 40.9 Å². The third kappa shape index (κ3) is 5.49. The molecule has 4 rings (SSSR count). The van der Waals surface area contributed by atoms with E-state index in [1.807, 2.05) is 38.1 Å². The number of rotatable bonds is 9. The molecule has 0 saturated carbocycles. The highest BCUT2D eigenvalue weighted by Gasteiger charge is 2.40. The summed E-state index contributed by atoms with van der Waals surface area (Å²) in [6.07, 6.45) is 1.68. The molecule has 0 atom stereocenters. The van der Waals surface area contributed by atoms with E-state index in [1.54, 1.807) is 12.1 Å². The number of aryl methyl sites for hydroxylation is 1. The van der Waals surface area contributed by atoms with Crippen molar-refractivity contribution in [3.63, 3.8) is 0 Å². The van der Waals surface area contributed by atoms with Crippen molar-refractivity contribution in [2.75, 3.05) is 16.8 Å². The lowest BCUT2D eigenvalue weighted by atomic mass is 10.2. The van der Waals surface area contributed by atoms with Crippen LogP contribution in [0, 0.1) is 12.7 Å². The number of ether oxygens (including phenoxy) is 1. The van der Waals surface area contributed by atoms with Crippen LogP contribution in [0.3, 0.4) is 0 Å². The van der Waals surface area contributed by atoms with Gasteiger partial charge in [-0.25, -0.2) is 14.1 Å². The van der Waals surface area contributed by atoms with E-state index in [2.05, 4.69) is 5.32 Å². The number of thioether (sulfide) groups is 1. The van der Waals surface area contributed by atoms with Crippen LogP contribution >= 0.6 is 11.8 Å². The molecule has 1 aliphatic heterocycles. The molecule has 3 aromatic rings. The van der Waals surface area contributed by atoms with Gasteiger partial charge >= 0.3 is 5.97 Å². The molecule has 8 heteroatoms. The molecule has 184 valence electrons. The van der Waals surface area contributed by atoms with Gasteiger partial charge in [0.15, 0.2) is 0 Å². The summed E-state index contributed by atoms with van der Waals surface area (Å²) in [7, 11) is 0. The number of nitrogens with zero attached hydrogens (tertiary/aromatic N) is 1. The number of hydrogen-bond acceptors (Lipinski definition) is 6. The van der Waals surface area contributed by atoms with Crippen LogP contribution in [-0.4, -0.2) is 24.4 Å². The first-order valence-electron chi connectivity index (χ1n) is 11.6. The first kappa shape index (κ1) is 25.2. The molecule has 2 amide bonds. The number of anilines is 2. The minimum atomic E-state index is -0.615. The predicted octanol–water partition coefficient (Wildman–Crippen LogP) is 6.08. The van der Waals surface area contributed by atoms with Gasteiger partial charge in [0.1, 0.15) is 16.4 Å².